The number of ether oxygens (including phenoxy) is 2. The number of primary amides is 1. The summed E-state index contributed by atoms with van der Waals surface area (Å²) in [5.74, 6) is -0.532. The number of hydrogen-bond acceptors (Lipinski definition) is 7. The van der Waals surface area contributed by atoms with Crippen molar-refractivity contribution in [3.8, 4) is 11.5 Å². The summed E-state index contributed by atoms with van der Waals surface area (Å²) < 4.78 is 38.1. The Hall–Kier alpha value is -3.93. The lowest BCUT2D eigenvalue weighted by atomic mass is 10.1. The van der Waals surface area contributed by atoms with Crippen LogP contribution >= 0.6 is 0 Å². The van der Waals surface area contributed by atoms with Crippen LogP contribution in [-0.4, -0.2) is 43.8 Å². The maximum absolute atomic E-state index is 13.1. The molecule has 0 saturated carbocycles. The summed E-state index contributed by atoms with van der Waals surface area (Å²) in [4.78, 5) is 11.4. The molecule has 1 unspecified atom stereocenters. The number of hydrogen-bond donors (Lipinski definition) is 2. The number of pyridine rings is 1. The lowest BCUT2D eigenvalue weighted by molar-refractivity contribution is -0.605. The van der Waals surface area contributed by atoms with Crippen LogP contribution in [0.25, 0.3) is 12.2 Å². The first-order chi connectivity index (χ1) is 16.2. The molecule has 34 heavy (non-hydrogen) atoms. The monoisotopic (exact) mass is 485 g/mol. The van der Waals surface area contributed by atoms with Crippen molar-refractivity contribution in [2.75, 3.05) is 13.8 Å². The lowest BCUT2D eigenvalue weighted by Gasteiger charge is -2.25. The number of benzene rings is 2. The number of aliphatic hydroxyl groups is 1. The molecule has 0 fully saturated rings. The molecule has 3 aromatic rings. The van der Waals surface area contributed by atoms with Crippen molar-refractivity contribution in [1.29, 1.82) is 0 Å². The molecule has 10 nitrogen and oxygen atoms in total. The van der Waals surface area contributed by atoms with Gasteiger partial charge in [0.15, 0.2) is 19.1 Å². The summed E-state index contributed by atoms with van der Waals surface area (Å²) in [7, 11) is -2.93. The van der Waals surface area contributed by atoms with E-state index in [0.29, 0.717) is 26.1 Å². The van der Waals surface area contributed by atoms with Crippen LogP contribution in [-0.2, 0) is 14.8 Å². The third kappa shape index (κ3) is 5.90. The average molecular weight is 486 g/mol. The highest BCUT2D eigenvalue weighted by atomic mass is 32.2. The van der Waals surface area contributed by atoms with Crippen LogP contribution in [0.1, 0.15) is 11.1 Å². The lowest BCUT2D eigenvalue weighted by Crippen LogP contribution is -2.49. The highest BCUT2D eigenvalue weighted by molar-refractivity contribution is 7.89. The molecular formula is C23H23N3O7S. The zero-order chi connectivity index (χ0) is 24.7. The second-order valence-corrected chi connectivity index (χ2v) is 8.87. The summed E-state index contributed by atoms with van der Waals surface area (Å²) in [5, 5.41) is 21.4. The number of carbonyl (C=O) groups excluding carboxylic acids is 1. The van der Waals surface area contributed by atoms with Crippen LogP contribution in [0, 0.1) is 5.21 Å². The molecule has 178 valence electrons. The normalized spacial score (nSPS) is 12.6. The van der Waals surface area contributed by atoms with Crippen LogP contribution in [0.3, 0.4) is 0 Å². The molecule has 2 aromatic carbocycles. The van der Waals surface area contributed by atoms with Crippen LogP contribution in [0.5, 0.6) is 11.5 Å². The van der Waals surface area contributed by atoms with Crippen molar-refractivity contribution in [2.45, 2.75) is 11.1 Å². The maximum atomic E-state index is 13.1. The van der Waals surface area contributed by atoms with E-state index in [2.05, 4.69) is 0 Å². The molecule has 0 aliphatic carbocycles. The number of para-hydroxylation sites is 1. The molecule has 0 spiro atoms. The molecule has 1 amide bonds. The van der Waals surface area contributed by atoms with Crippen molar-refractivity contribution in [3.63, 3.8) is 0 Å². The summed E-state index contributed by atoms with van der Waals surface area (Å²) >= 11 is 0. The first-order valence-electron chi connectivity index (χ1n) is 9.94. The molecule has 0 saturated heterocycles. The third-order valence-electron chi connectivity index (χ3n) is 4.74. The molecule has 1 atom stereocenters. The van der Waals surface area contributed by atoms with E-state index in [0.717, 1.165) is 5.56 Å². The fourth-order valence-corrected chi connectivity index (χ4v) is 4.21. The van der Waals surface area contributed by atoms with Gasteiger partial charge in [-0.1, -0.05) is 30.4 Å². The number of methoxy groups -OCH3 is 1. The second kappa shape index (κ2) is 10.8. The van der Waals surface area contributed by atoms with Gasteiger partial charge >= 0.3 is 0 Å². The highest BCUT2D eigenvalue weighted by Crippen LogP contribution is 2.24. The summed E-state index contributed by atoms with van der Waals surface area (Å²) in [6, 6.07) is 15.4. The van der Waals surface area contributed by atoms with Crippen molar-refractivity contribution < 1.29 is 32.5 Å². The van der Waals surface area contributed by atoms with Crippen molar-refractivity contribution in [3.05, 3.63) is 89.4 Å². The third-order valence-corrected chi connectivity index (χ3v) is 6.53. The SMILES string of the molecule is COc1ccc(S(=O)(=O)N(COc2ccccc2/C=C/c2cc[n+]([O-])cc2)C(O)C(N)=O)cc1. The minimum absolute atomic E-state index is 0.190. The number of aromatic nitrogens is 1. The Bertz CT molecular complexity index is 1260. The number of amides is 1. The number of carbonyl (C=O) groups is 1. The number of nitrogens with zero attached hydrogens (tertiary/aromatic N) is 2. The molecular weight excluding hydrogens is 462 g/mol. The molecule has 11 heteroatoms. The Balaban J connectivity index is 1.86. The Labute approximate surface area is 196 Å². The molecule has 0 aliphatic heterocycles. The predicted molar refractivity (Wildman–Crippen MR) is 123 cm³/mol. The number of sulfonamides is 1. The molecule has 3 rings (SSSR count). The van der Waals surface area contributed by atoms with Gasteiger partial charge in [0, 0.05) is 17.7 Å². The molecule has 0 bridgehead atoms. The van der Waals surface area contributed by atoms with Gasteiger partial charge < -0.3 is 25.5 Å². The maximum Gasteiger partial charge on any atom is 0.262 e. The highest BCUT2D eigenvalue weighted by Gasteiger charge is 2.34. The van der Waals surface area contributed by atoms with E-state index in [1.807, 2.05) is 0 Å². The smallest absolute Gasteiger partial charge is 0.262 e. The van der Waals surface area contributed by atoms with E-state index < -0.39 is 28.9 Å². The zero-order valence-electron chi connectivity index (χ0n) is 18.1. The van der Waals surface area contributed by atoms with E-state index >= 15 is 0 Å². The molecule has 0 radical (unpaired) electrons. The number of nitrogens with two attached hydrogens (primary N) is 1. The molecule has 1 heterocycles. The Kier molecular flexibility index (Phi) is 7.84. The van der Waals surface area contributed by atoms with Gasteiger partial charge in [0.25, 0.3) is 5.91 Å². The van der Waals surface area contributed by atoms with Crippen LogP contribution in [0.4, 0.5) is 0 Å². The van der Waals surface area contributed by atoms with Gasteiger partial charge in [-0.05, 0) is 35.9 Å². The standard InChI is InChI=1S/C23H23N3O7S/c1-32-19-8-10-20(11-9-19)34(30,31)26(23(28)22(24)27)16-33-21-5-3-2-4-18(21)7-6-17-12-14-25(29)15-13-17/h2-15,23,28H,16H2,1H3,(H2,24,27)/b7-6+. The average Bonchev–Trinajstić information content (AvgIpc) is 2.84. The fourth-order valence-electron chi connectivity index (χ4n) is 2.90. The van der Waals surface area contributed by atoms with Gasteiger partial charge in [0.1, 0.15) is 11.5 Å². The van der Waals surface area contributed by atoms with Gasteiger partial charge in [-0.15, -0.1) is 4.31 Å². The van der Waals surface area contributed by atoms with E-state index in [4.69, 9.17) is 15.2 Å². The van der Waals surface area contributed by atoms with Crippen LogP contribution in [0.2, 0.25) is 0 Å². The van der Waals surface area contributed by atoms with Gasteiger partial charge in [-0.25, -0.2) is 8.42 Å². The summed E-state index contributed by atoms with van der Waals surface area (Å²) in [5.41, 5.74) is 6.53. The van der Waals surface area contributed by atoms with E-state index in [1.165, 1.54) is 43.8 Å². The predicted octanol–water partition coefficient (Wildman–Crippen LogP) is 1.33. The Morgan fingerprint density at radius 2 is 1.76 bits per heavy atom. The van der Waals surface area contributed by atoms with E-state index in [1.54, 1.807) is 48.6 Å². The first-order valence-corrected chi connectivity index (χ1v) is 11.4. The summed E-state index contributed by atoms with van der Waals surface area (Å²) in [6.45, 7) is -0.690. The summed E-state index contributed by atoms with van der Waals surface area (Å²) in [6.07, 6.45) is 4.02. The van der Waals surface area contributed by atoms with Gasteiger partial charge in [-0.3, -0.25) is 4.79 Å². The Morgan fingerprint density at radius 1 is 1.12 bits per heavy atom. The molecule has 1 aromatic heterocycles. The zero-order valence-corrected chi connectivity index (χ0v) is 19.0. The second-order valence-electron chi connectivity index (χ2n) is 6.98. The molecule has 3 N–H and O–H groups in total. The minimum atomic E-state index is -4.36. The topological polar surface area (TPSA) is 146 Å². The van der Waals surface area contributed by atoms with Crippen molar-refractivity contribution in [2.24, 2.45) is 5.73 Å². The van der Waals surface area contributed by atoms with Crippen molar-refractivity contribution >= 4 is 28.1 Å². The minimum Gasteiger partial charge on any atom is -0.619 e. The fraction of sp³-hybridized carbons (Fsp3) is 0.130. The van der Waals surface area contributed by atoms with E-state index in [9.17, 15) is 23.5 Å². The quantitative estimate of drug-likeness (QED) is 0.250. The van der Waals surface area contributed by atoms with Gasteiger partial charge in [-0.2, -0.15) is 4.73 Å². The van der Waals surface area contributed by atoms with Crippen LogP contribution in [0.15, 0.2) is 78.0 Å². The molecule has 0 aliphatic rings. The van der Waals surface area contributed by atoms with Gasteiger partial charge in [0.2, 0.25) is 16.3 Å². The van der Waals surface area contributed by atoms with E-state index in [-0.39, 0.29) is 4.90 Å². The largest absolute Gasteiger partial charge is 0.619 e. The van der Waals surface area contributed by atoms with Crippen molar-refractivity contribution in [1.82, 2.24) is 4.31 Å². The first kappa shape index (κ1) is 24.7. The number of rotatable bonds is 10. The van der Waals surface area contributed by atoms with Crippen LogP contribution < -0.4 is 19.9 Å². The Morgan fingerprint density at radius 3 is 2.38 bits per heavy atom. The van der Waals surface area contributed by atoms with Gasteiger partial charge in [0.05, 0.1) is 12.0 Å². The number of aliphatic hydroxyl groups excluding tert-OH is 1.